The number of rotatable bonds is 5. The average Bonchev–Trinajstić information content (AvgIpc) is 3.20. The van der Waals surface area contributed by atoms with Crippen molar-refractivity contribution in [1.82, 2.24) is 4.90 Å². The Bertz CT molecular complexity index is 1000. The van der Waals surface area contributed by atoms with Gasteiger partial charge in [-0.05, 0) is 42.7 Å². The van der Waals surface area contributed by atoms with Gasteiger partial charge >= 0.3 is 0 Å². The van der Waals surface area contributed by atoms with E-state index in [1.165, 1.54) is 7.11 Å². The molecule has 0 bridgehead atoms. The van der Waals surface area contributed by atoms with Crippen LogP contribution in [-0.2, 0) is 15.2 Å². The fourth-order valence-electron chi connectivity index (χ4n) is 4.52. The Morgan fingerprint density at radius 1 is 1.09 bits per heavy atom. The summed E-state index contributed by atoms with van der Waals surface area (Å²) in [6, 6.07) is 12.4. The maximum Gasteiger partial charge on any atom is 0.228 e. The number of ether oxygens (including phenoxy) is 2. The first-order valence-corrected chi connectivity index (χ1v) is 11.0. The zero-order valence-corrected chi connectivity index (χ0v) is 19.0. The first kappa shape index (κ1) is 22.4. The molecule has 8 heteroatoms. The van der Waals surface area contributed by atoms with Crippen LogP contribution in [0.15, 0.2) is 42.5 Å². The number of carbonyl (C=O) groups excluding carboxylic acids is 2. The maximum atomic E-state index is 13.2. The van der Waals surface area contributed by atoms with Gasteiger partial charge in [-0.15, -0.1) is 0 Å². The number of aliphatic hydroxyl groups is 1. The number of halogens is 1. The molecule has 32 heavy (non-hydrogen) atoms. The van der Waals surface area contributed by atoms with Crippen molar-refractivity contribution in [3.63, 3.8) is 0 Å². The van der Waals surface area contributed by atoms with Gasteiger partial charge in [0, 0.05) is 37.1 Å². The van der Waals surface area contributed by atoms with Crippen LogP contribution in [0.1, 0.15) is 24.8 Å². The Morgan fingerprint density at radius 3 is 2.41 bits per heavy atom. The van der Waals surface area contributed by atoms with Crippen molar-refractivity contribution in [3.05, 3.63) is 53.1 Å². The van der Waals surface area contributed by atoms with Crippen molar-refractivity contribution in [1.29, 1.82) is 0 Å². The fraction of sp³-hybridized carbons (Fsp3) is 0.417. The lowest BCUT2D eigenvalue weighted by molar-refractivity contribution is -0.140. The number of hydrogen-bond acceptors (Lipinski definition) is 5. The molecule has 0 saturated carbocycles. The van der Waals surface area contributed by atoms with Crippen LogP contribution in [0.5, 0.6) is 11.5 Å². The lowest BCUT2D eigenvalue weighted by atomic mass is 9.84. The van der Waals surface area contributed by atoms with E-state index in [0.717, 1.165) is 5.56 Å². The fourth-order valence-corrected chi connectivity index (χ4v) is 4.64. The molecule has 0 unspecified atom stereocenters. The third-order valence-corrected chi connectivity index (χ3v) is 6.69. The first-order valence-electron chi connectivity index (χ1n) is 10.6. The Balaban J connectivity index is 1.42. The summed E-state index contributed by atoms with van der Waals surface area (Å²) in [5.74, 6) is 0.576. The van der Waals surface area contributed by atoms with Crippen molar-refractivity contribution in [3.8, 4) is 11.5 Å². The molecule has 170 valence electrons. The average molecular weight is 459 g/mol. The summed E-state index contributed by atoms with van der Waals surface area (Å²) >= 11 is 5.96. The molecule has 2 aromatic carbocycles. The highest BCUT2D eigenvalue weighted by molar-refractivity contribution is 6.30. The SMILES string of the molecule is COc1ccc(N2C[C@H](C(=O)N3CCC(O)(c4ccc(Cl)cc4)CC3)CC2=O)c(OC)c1. The Kier molecular flexibility index (Phi) is 6.31. The number of benzene rings is 2. The molecule has 2 aliphatic rings. The molecule has 2 aliphatic heterocycles. The topological polar surface area (TPSA) is 79.3 Å². The lowest BCUT2D eigenvalue weighted by Gasteiger charge is -2.39. The van der Waals surface area contributed by atoms with Crippen LogP contribution < -0.4 is 14.4 Å². The highest BCUT2D eigenvalue weighted by atomic mass is 35.5. The highest BCUT2D eigenvalue weighted by Crippen LogP contribution is 2.37. The molecule has 0 radical (unpaired) electrons. The van der Waals surface area contributed by atoms with Crippen LogP contribution in [0.4, 0.5) is 5.69 Å². The van der Waals surface area contributed by atoms with E-state index < -0.39 is 11.5 Å². The van der Waals surface area contributed by atoms with Crippen molar-refractivity contribution >= 4 is 29.1 Å². The number of carbonyl (C=O) groups is 2. The van der Waals surface area contributed by atoms with Gasteiger partial charge in [0.2, 0.25) is 11.8 Å². The van der Waals surface area contributed by atoms with Crippen LogP contribution in [0.25, 0.3) is 0 Å². The van der Waals surface area contributed by atoms with Gasteiger partial charge in [0.1, 0.15) is 11.5 Å². The van der Waals surface area contributed by atoms with Crippen LogP contribution >= 0.6 is 11.6 Å². The van der Waals surface area contributed by atoms with E-state index in [2.05, 4.69) is 0 Å². The molecule has 0 spiro atoms. The predicted octanol–water partition coefficient (Wildman–Crippen LogP) is 3.22. The minimum Gasteiger partial charge on any atom is -0.497 e. The van der Waals surface area contributed by atoms with E-state index in [1.54, 1.807) is 47.2 Å². The van der Waals surface area contributed by atoms with Crippen LogP contribution in [0.3, 0.4) is 0 Å². The van der Waals surface area contributed by atoms with Crippen molar-refractivity contribution < 1.29 is 24.2 Å². The van der Waals surface area contributed by atoms with Crippen molar-refractivity contribution in [2.75, 3.05) is 38.8 Å². The van der Waals surface area contributed by atoms with E-state index in [1.807, 2.05) is 12.1 Å². The third kappa shape index (κ3) is 4.27. The van der Waals surface area contributed by atoms with E-state index >= 15 is 0 Å². The van der Waals surface area contributed by atoms with Crippen LogP contribution in [-0.4, -0.2) is 55.7 Å². The lowest BCUT2D eigenvalue weighted by Crippen LogP contribution is -2.47. The number of methoxy groups -OCH3 is 2. The quantitative estimate of drug-likeness (QED) is 0.744. The highest BCUT2D eigenvalue weighted by Gasteiger charge is 2.41. The maximum absolute atomic E-state index is 13.2. The van der Waals surface area contributed by atoms with Gasteiger partial charge in [0.15, 0.2) is 0 Å². The molecule has 2 fully saturated rings. The standard InChI is InChI=1S/C24H27ClN2O5/c1-31-19-7-8-20(21(14-19)32-2)27-15-16(13-22(27)28)23(29)26-11-9-24(30,10-12-26)17-3-5-18(25)6-4-17/h3-8,14,16,30H,9-13,15H2,1-2H3/t16-/m1/s1. The van der Waals surface area contributed by atoms with E-state index in [0.29, 0.717) is 54.7 Å². The Hall–Kier alpha value is -2.77. The molecule has 0 aliphatic carbocycles. The van der Waals surface area contributed by atoms with E-state index in [-0.39, 0.29) is 18.2 Å². The van der Waals surface area contributed by atoms with Gasteiger partial charge < -0.3 is 24.4 Å². The molecule has 2 saturated heterocycles. The molecule has 7 nitrogen and oxygen atoms in total. The largest absolute Gasteiger partial charge is 0.497 e. The second kappa shape index (κ2) is 9.00. The molecule has 4 rings (SSSR count). The molecular formula is C24H27ClN2O5. The molecule has 2 amide bonds. The summed E-state index contributed by atoms with van der Waals surface area (Å²) < 4.78 is 10.7. The summed E-state index contributed by atoms with van der Waals surface area (Å²) in [7, 11) is 3.10. The smallest absolute Gasteiger partial charge is 0.228 e. The number of nitrogens with zero attached hydrogens (tertiary/aromatic N) is 2. The number of likely N-dealkylation sites (tertiary alicyclic amines) is 1. The summed E-state index contributed by atoms with van der Waals surface area (Å²) in [6.45, 7) is 1.18. The molecule has 1 atom stereocenters. The normalized spacial score (nSPS) is 20.4. The molecule has 0 aromatic heterocycles. The van der Waals surface area contributed by atoms with Gasteiger partial charge in [-0.2, -0.15) is 0 Å². The summed E-state index contributed by atoms with van der Waals surface area (Å²) in [4.78, 5) is 29.3. The van der Waals surface area contributed by atoms with Gasteiger partial charge in [0.05, 0.1) is 31.4 Å². The van der Waals surface area contributed by atoms with E-state index in [9.17, 15) is 14.7 Å². The zero-order valence-electron chi connectivity index (χ0n) is 18.2. The second-order valence-corrected chi connectivity index (χ2v) is 8.74. The molecular weight excluding hydrogens is 432 g/mol. The predicted molar refractivity (Wildman–Crippen MR) is 121 cm³/mol. The minimum absolute atomic E-state index is 0.0496. The van der Waals surface area contributed by atoms with Gasteiger partial charge in [-0.25, -0.2) is 0 Å². The molecule has 2 heterocycles. The second-order valence-electron chi connectivity index (χ2n) is 8.31. The number of hydrogen-bond donors (Lipinski definition) is 1. The minimum atomic E-state index is -0.977. The van der Waals surface area contributed by atoms with Gasteiger partial charge in [-0.1, -0.05) is 23.7 Å². The number of amides is 2. The van der Waals surface area contributed by atoms with Crippen LogP contribution in [0.2, 0.25) is 5.02 Å². The Morgan fingerprint density at radius 2 is 1.78 bits per heavy atom. The summed E-state index contributed by atoms with van der Waals surface area (Å²) in [6.07, 6.45) is 1.04. The first-order chi connectivity index (χ1) is 15.3. The Labute approximate surface area is 192 Å². The van der Waals surface area contributed by atoms with Crippen LogP contribution in [0, 0.1) is 5.92 Å². The van der Waals surface area contributed by atoms with Gasteiger partial charge in [0.25, 0.3) is 0 Å². The van der Waals surface area contributed by atoms with Crippen molar-refractivity contribution in [2.45, 2.75) is 24.9 Å². The zero-order chi connectivity index (χ0) is 22.9. The molecule has 1 N–H and O–H groups in total. The van der Waals surface area contributed by atoms with Crippen molar-refractivity contribution in [2.24, 2.45) is 5.92 Å². The van der Waals surface area contributed by atoms with E-state index in [4.69, 9.17) is 21.1 Å². The summed E-state index contributed by atoms with van der Waals surface area (Å²) in [5.41, 5.74) is 0.460. The third-order valence-electron chi connectivity index (χ3n) is 6.44. The molecule has 2 aromatic rings. The van der Waals surface area contributed by atoms with Gasteiger partial charge in [-0.3, -0.25) is 9.59 Å². The summed E-state index contributed by atoms with van der Waals surface area (Å²) in [5, 5.41) is 11.7. The number of anilines is 1. The number of piperidine rings is 1. The monoisotopic (exact) mass is 458 g/mol.